The van der Waals surface area contributed by atoms with E-state index in [-0.39, 0.29) is 5.78 Å². The quantitative estimate of drug-likeness (QED) is 0.690. The molecule has 0 aromatic rings. The van der Waals surface area contributed by atoms with Crippen LogP contribution in [0.3, 0.4) is 0 Å². The van der Waals surface area contributed by atoms with E-state index in [1.165, 1.54) is 0 Å². The fourth-order valence-corrected chi connectivity index (χ4v) is 1.78. The molecule has 0 unspecified atom stereocenters. The highest BCUT2D eigenvalue weighted by molar-refractivity contribution is 6.12. The average molecular weight is 238 g/mol. The van der Waals surface area contributed by atoms with Gasteiger partial charge in [-0.2, -0.15) is 0 Å². The standard InChI is InChI=1S/C15H10O3/c16-9-11-4-6-13(7-5-11)15(18)14-3-1-2-12(8-14)10-17/h1,3-4,6-8H,2,5H2. The van der Waals surface area contributed by atoms with Gasteiger partial charge in [0, 0.05) is 35.1 Å². The highest BCUT2D eigenvalue weighted by atomic mass is 16.1. The Kier molecular flexibility index (Phi) is 3.49. The van der Waals surface area contributed by atoms with Gasteiger partial charge in [-0.1, -0.05) is 24.3 Å². The second-order valence-corrected chi connectivity index (χ2v) is 3.99. The minimum atomic E-state index is -0.153. The lowest BCUT2D eigenvalue weighted by atomic mass is 9.93. The predicted molar refractivity (Wildman–Crippen MR) is 67.1 cm³/mol. The molecule has 0 fully saturated rings. The maximum atomic E-state index is 12.1. The summed E-state index contributed by atoms with van der Waals surface area (Å²) in [5.41, 5.74) is 1.98. The second kappa shape index (κ2) is 5.24. The molecule has 3 heteroatoms. The normalized spacial score (nSPS) is 17.8. The van der Waals surface area contributed by atoms with Gasteiger partial charge in [0.05, 0.1) is 0 Å². The van der Waals surface area contributed by atoms with Crippen LogP contribution in [0.2, 0.25) is 0 Å². The fraction of sp³-hybridized carbons (Fsp3) is 0.133. The Hall–Kier alpha value is -2.47. The SMILES string of the molecule is O=C=C1C=CC(C(=O)C2=CC(=C=O)CC=C2)=CC1. The van der Waals surface area contributed by atoms with Crippen LogP contribution in [0.5, 0.6) is 0 Å². The molecule has 18 heavy (non-hydrogen) atoms. The lowest BCUT2D eigenvalue weighted by Gasteiger charge is -2.09. The minimum Gasteiger partial charge on any atom is -0.289 e. The van der Waals surface area contributed by atoms with Gasteiger partial charge < -0.3 is 0 Å². The van der Waals surface area contributed by atoms with E-state index in [9.17, 15) is 14.4 Å². The van der Waals surface area contributed by atoms with Crippen LogP contribution < -0.4 is 0 Å². The summed E-state index contributed by atoms with van der Waals surface area (Å²) in [7, 11) is 0. The summed E-state index contributed by atoms with van der Waals surface area (Å²) in [4.78, 5) is 33.1. The lowest BCUT2D eigenvalue weighted by molar-refractivity contribution is -0.111. The van der Waals surface area contributed by atoms with E-state index < -0.39 is 0 Å². The summed E-state index contributed by atoms with van der Waals surface area (Å²) in [6.07, 6.45) is 10.8. The molecule has 0 spiro atoms. The van der Waals surface area contributed by atoms with Crippen LogP contribution in [0, 0.1) is 0 Å². The molecule has 0 amide bonds. The molecule has 0 heterocycles. The summed E-state index contributed by atoms with van der Waals surface area (Å²) in [5.74, 6) is 3.45. The first kappa shape index (κ1) is 12.0. The zero-order valence-electron chi connectivity index (χ0n) is 9.60. The molecule has 3 nitrogen and oxygen atoms in total. The topological polar surface area (TPSA) is 51.2 Å². The number of carbonyl (C=O) groups is 1. The maximum Gasteiger partial charge on any atom is 0.192 e. The van der Waals surface area contributed by atoms with Crippen molar-refractivity contribution in [2.75, 3.05) is 0 Å². The Bertz CT molecular complexity index is 614. The van der Waals surface area contributed by atoms with Crippen molar-refractivity contribution in [3.63, 3.8) is 0 Å². The van der Waals surface area contributed by atoms with Crippen LogP contribution in [0.15, 0.2) is 58.7 Å². The zero-order valence-corrected chi connectivity index (χ0v) is 9.60. The Morgan fingerprint density at radius 1 is 0.944 bits per heavy atom. The third-order valence-electron chi connectivity index (χ3n) is 2.76. The first-order chi connectivity index (χ1) is 8.74. The van der Waals surface area contributed by atoms with Crippen LogP contribution in [-0.2, 0) is 14.4 Å². The molecule has 2 aliphatic rings. The van der Waals surface area contributed by atoms with E-state index in [4.69, 9.17) is 0 Å². The van der Waals surface area contributed by atoms with E-state index >= 15 is 0 Å². The third-order valence-corrected chi connectivity index (χ3v) is 2.76. The lowest BCUT2D eigenvalue weighted by Crippen LogP contribution is -2.07. The Labute approximate surface area is 104 Å². The van der Waals surface area contributed by atoms with Crippen molar-refractivity contribution < 1.29 is 14.4 Å². The molecule has 0 bridgehead atoms. The first-order valence-electron chi connectivity index (χ1n) is 5.53. The van der Waals surface area contributed by atoms with Crippen molar-refractivity contribution in [2.45, 2.75) is 12.8 Å². The minimum absolute atomic E-state index is 0.153. The molecule has 0 aliphatic heterocycles. The monoisotopic (exact) mass is 238 g/mol. The molecular formula is C15H10O3. The molecule has 0 radical (unpaired) electrons. The molecule has 2 rings (SSSR count). The van der Waals surface area contributed by atoms with Gasteiger partial charge in [-0.25, -0.2) is 9.59 Å². The van der Waals surface area contributed by atoms with E-state index in [0.29, 0.717) is 35.1 Å². The molecular weight excluding hydrogens is 228 g/mol. The molecule has 0 aromatic carbocycles. The number of Topliss-reactive ketones (excluding diaryl/α,β-unsaturated/α-hetero) is 1. The zero-order chi connectivity index (χ0) is 13.0. The predicted octanol–water partition coefficient (Wildman–Crippen LogP) is 1.84. The van der Waals surface area contributed by atoms with E-state index in [2.05, 4.69) is 0 Å². The van der Waals surface area contributed by atoms with Crippen LogP contribution >= 0.6 is 0 Å². The molecule has 0 aromatic heterocycles. The van der Waals surface area contributed by atoms with Gasteiger partial charge in [-0.15, -0.1) is 0 Å². The molecule has 2 aliphatic carbocycles. The Morgan fingerprint density at radius 2 is 1.72 bits per heavy atom. The van der Waals surface area contributed by atoms with Crippen molar-refractivity contribution in [1.82, 2.24) is 0 Å². The third kappa shape index (κ3) is 2.44. The second-order valence-electron chi connectivity index (χ2n) is 3.99. The highest BCUT2D eigenvalue weighted by Crippen LogP contribution is 2.21. The summed E-state index contributed by atoms with van der Waals surface area (Å²) in [5, 5.41) is 0. The van der Waals surface area contributed by atoms with Gasteiger partial charge >= 0.3 is 0 Å². The van der Waals surface area contributed by atoms with Gasteiger partial charge in [0.2, 0.25) is 0 Å². The van der Waals surface area contributed by atoms with Crippen molar-refractivity contribution in [3.05, 3.63) is 58.7 Å². The van der Waals surface area contributed by atoms with Crippen LogP contribution in [0.1, 0.15) is 12.8 Å². The van der Waals surface area contributed by atoms with Gasteiger partial charge in [0.25, 0.3) is 0 Å². The van der Waals surface area contributed by atoms with Crippen molar-refractivity contribution >= 4 is 17.7 Å². The summed E-state index contributed by atoms with van der Waals surface area (Å²) >= 11 is 0. The fourth-order valence-electron chi connectivity index (χ4n) is 1.78. The van der Waals surface area contributed by atoms with Gasteiger partial charge in [-0.3, -0.25) is 4.79 Å². The smallest absolute Gasteiger partial charge is 0.192 e. The van der Waals surface area contributed by atoms with Crippen molar-refractivity contribution in [3.8, 4) is 0 Å². The number of hydrogen-bond donors (Lipinski definition) is 0. The maximum absolute atomic E-state index is 12.1. The first-order valence-corrected chi connectivity index (χ1v) is 5.53. The summed E-state index contributed by atoms with van der Waals surface area (Å²) < 4.78 is 0. The molecule has 0 atom stereocenters. The summed E-state index contributed by atoms with van der Waals surface area (Å²) in [6, 6.07) is 0. The van der Waals surface area contributed by atoms with Crippen LogP contribution in [0.25, 0.3) is 0 Å². The van der Waals surface area contributed by atoms with Gasteiger partial charge in [0.15, 0.2) is 5.78 Å². The van der Waals surface area contributed by atoms with Crippen molar-refractivity contribution in [1.29, 1.82) is 0 Å². The van der Waals surface area contributed by atoms with E-state index in [1.54, 1.807) is 48.3 Å². The molecule has 0 N–H and O–H groups in total. The average Bonchev–Trinajstić information content (AvgIpc) is 2.46. The van der Waals surface area contributed by atoms with Gasteiger partial charge in [0.1, 0.15) is 11.9 Å². The van der Waals surface area contributed by atoms with E-state index in [1.807, 2.05) is 0 Å². The number of ketones is 1. The van der Waals surface area contributed by atoms with Crippen LogP contribution in [0.4, 0.5) is 0 Å². The highest BCUT2D eigenvalue weighted by Gasteiger charge is 2.15. The van der Waals surface area contributed by atoms with E-state index in [0.717, 1.165) is 0 Å². The number of hydrogen-bond acceptors (Lipinski definition) is 3. The number of rotatable bonds is 2. The van der Waals surface area contributed by atoms with Crippen LogP contribution in [-0.4, -0.2) is 17.7 Å². The molecule has 88 valence electrons. The molecule has 0 saturated heterocycles. The number of carbonyl (C=O) groups excluding carboxylic acids is 3. The summed E-state index contributed by atoms with van der Waals surface area (Å²) in [6.45, 7) is 0. The largest absolute Gasteiger partial charge is 0.289 e. The molecule has 0 saturated carbocycles. The Balaban J connectivity index is 2.24. The van der Waals surface area contributed by atoms with Gasteiger partial charge in [-0.05, 0) is 12.2 Å². The number of allylic oxidation sites excluding steroid dienone is 10. The van der Waals surface area contributed by atoms with Crippen molar-refractivity contribution in [2.24, 2.45) is 0 Å². The Morgan fingerprint density at radius 3 is 2.33 bits per heavy atom.